The maximum atomic E-state index is 11.7. The van der Waals surface area contributed by atoms with Crippen LogP contribution in [0.5, 0.6) is 0 Å². The van der Waals surface area contributed by atoms with Crippen LogP contribution in [-0.2, 0) is 4.74 Å². The van der Waals surface area contributed by atoms with Gasteiger partial charge in [0.15, 0.2) is 0 Å². The lowest BCUT2D eigenvalue weighted by Crippen LogP contribution is -2.27. The summed E-state index contributed by atoms with van der Waals surface area (Å²) in [5.74, 6) is 0. The van der Waals surface area contributed by atoms with Crippen molar-refractivity contribution < 1.29 is 9.53 Å². The molecule has 0 spiro atoms. The van der Waals surface area contributed by atoms with E-state index in [9.17, 15) is 4.79 Å². The molecule has 18 heavy (non-hydrogen) atoms. The van der Waals surface area contributed by atoms with Crippen molar-refractivity contribution in [2.75, 3.05) is 5.32 Å². The predicted octanol–water partition coefficient (Wildman–Crippen LogP) is 3.82. The maximum absolute atomic E-state index is 11.7. The molecule has 0 radical (unpaired) electrons. The summed E-state index contributed by atoms with van der Waals surface area (Å²) < 4.78 is 5.23. The fourth-order valence-corrected chi connectivity index (χ4v) is 1.82. The minimum atomic E-state index is -0.496. The summed E-state index contributed by atoms with van der Waals surface area (Å²) in [6.07, 6.45) is 1.42. The lowest BCUT2D eigenvalue weighted by Gasteiger charge is -2.20. The number of benzene rings is 1. The van der Waals surface area contributed by atoms with Gasteiger partial charge in [0.1, 0.15) is 5.60 Å². The summed E-state index contributed by atoms with van der Waals surface area (Å²) in [6.45, 7) is 7.55. The fraction of sp³-hybridized carbons (Fsp3) is 0.357. The summed E-state index contributed by atoms with van der Waals surface area (Å²) >= 11 is 0. The van der Waals surface area contributed by atoms with Gasteiger partial charge >= 0.3 is 6.09 Å². The Morgan fingerprint density at radius 1 is 1.28 bits per heavy atom. The zero-order chi connectivity index (χ0) is 13.3. The molecule has 2 rings (SSSR count). The zero-order valence-corrected chi connectivity index (χ0v) is 11.1. The quantitative estimate of drug-likeness (QED) is 0.803. The van der Waals surface area contributed by atoms with E-state index in [1.54, 1.807) is 0 Å². The van der Waals surface area contributed by atoms with Crippen LogP contribution < -0.4 is 5.32 Å². The summed E-state index contributed by atoms with van der Waals surface area (Å²) in [5.41, 5.74) is 2.32. The van der Waals surface area contributed by atoms with Crippen molar-refractivity contribution in [2.24, 2.45) is 0 Å². The molecular weight excluding hydrogens is 228 g/mol. The van der Waals surface area contributed by atoms with Gasteiger partial charge in [0.05, 0.1) is 11.2 Å². The third-order valence-electron chi connectivity index (χ3n) is 2.58. The molecule has 2 N–H and O–H groups in total. The second-order valence-corrected chi connectivity index (χ2v) is 5.32. The number of fused-ring (bicyclic) bond motifs is 1. The molecule has 0 bridgehead atoms. The summed E-state index contributed by atoms with van der Waals surface area (Å²) in [6, 6.07) is 5.84. The smallest absolute Gasteiger partial charge is 0.412 e. The molecule has 96 valence electrons. The molecule has 1 heterocycles. The molecular formula is C14H18N2O2. The maximum Gasteiger partial charge on any atom is 0.412 e. The van der Waals surface area contributed by atoms with Gasteiger partial charge in [-0.25, -0.2) is 4.79 Å². The number of anilines is 1. The first-order valence-corrected chi connectivity index (χ1v) is 5.93. The highest BCUT2D eigenvalue weighted by Crippen LogP contribution is 2.25. The fourth-order valence-electron chi connectivity index (χ4n) is 1.82. The van der Waals surface area contributed by atoms with Crippen LogP contribution in [0.4, 0.5) is 10.5 Å². The molecule has 0 aliphatic heterocycles. The minimum Gasteiger partial charge on any atom is -0.444 e. The number of hydrogen-bond acceptors (Lipinski definition) is 2. The predicted molar refractivity (Wildman–Crippen MR) is 72.9 cm³/mol. The van der Waals surface area contributed by atoms with Crippen LogP contribution in [0.3, 0.4) is 0 Å². The van der Waals surface area contributed by atoms with Gasteiger partial charge in [-0.05, 0) is 45.4 Å². The van der Waals surface area contributed by atoms with Gasteiger partial charge in [0.25, 0.3) is 0 Å². The number of rotatable bonds is 1. The highest BCUT2D eigenvalue weighted by molar-refractivity contribution is 5.99. The van der Waals surface area contributed by atoms with Crippen molar-refractivity contribution in [3.63, 3.8) is 0 Å². The topological polar surface area (TPSA) is 54.1 Å². The van der Waals surface area contributed by atoms with Crippen LogP contribution in [-0.4, -0.2) is 16.7 Å². The van der Waals surface area contributed by atoms with E-state index in [0.29, 0.717) is 0 Å². The molecule has 1 aromatic carbocycles. The van der Waals surface area contributed by atoms with Crippen molar-refractivity contribution in [1.82, 2.24) is 4.98 Å². The van der Waals surface area contributed by atoms with Crippen LogP contribution >= 0.6 is 0 Å². The average Bonchev–Trinajstić information content (AvgIpc) is 2.69. The lowest BCUT2D eigenvalue weighted by molar-refractivity contribution is 0.0636. The van der Waals surface area contributed by atoms with Crippen LogP contribution in [0.25, 0.3) is 10.9 Å². The third kappa shape index (κ3) is 2.64. The molecule has 0 atom stereocenters. The van der Waals surface area contributed by atoms with E-state index in [-0.39, 0.29) is 0 Å². The monoisotopic (exact) mass is 246 g/mol. The molecule has 1 amide bonds. The number of H-pyrrole nitrogens is 1. The van der Waals surface area contributed by atoms with Gasteiger partial charge in [-0.1, -0.05) is 6.07 Å². The molecule has 0 aliphatic rings. The van der Waals surface area contributed by atoms with E-state index in [4.69, 9.17) is 4.74 Å². The largest absolute Gasteiger partial charge is 0.444 e. The summed E-state index contributed by atoms with van der Waals surface area (Å²) in [4.78, 5) is 14.9. The van der Waals surface area contributed by atoms with Gasteiger partial charge in [-0.2, -0.15) is 0 Å². The van der Waals surface area contributed by atoms with E-state index in [1.165, 1.54) is 5.56 Å². The van der Waals surface area contributed by atoms with Crippen molar-refractivity contribution in [2.45, 2.75) is 33.3 Å². The van der Waals surface area contributed by atoms with Crippen LogP contribution in [0.1, 0.15) is 26.3 Å². The minimum absolute atomic E-state index is 0.442. The van der Waals surface area contributed by atoms with Gasteiger partial charge < -0.3 is 9.72 Å². The third-order valence-corrected chi connectivity index (χ3v) is 2.58. The first kappa shape index (κ1) is 12.5. The number of ether oxygens (including phenoxy) is 1. The van der Waals surface area contributed by atoms with E-state index in [2.05, 4.69) is 10.3 Å². The molecule has 0 saturated heterocycles. The first-order valence-electron chi connectivity index (χ1n) is 5.93. The number of hydrogen-bond donors (Lipinski definition) is 2. The van der Waals surface area contributed by atoms with E-state index in [1.807, 2.05) is 52.1 Å². The summed E-state index contributed by atoms with van der Waals surface area (Å²) in [5, 5.41) is 3.86. The normalized spacial score (nSPS) is 11.6. The van der Waals surface area contributed by atoms with E-state index >= 15 is 0 Å². The van der Waals surface area contributed by atoms with Crippen molar-refractivity contribution >= 4 is 22.7 Å². The number of aryl methyl sites for hydroxylation is 1. The standard InChI is InChI=1S/C14H18N2O2/c1-9-5-6-11(12-10(9)7-8-15-12)16-13(17)18-14(2,3)4/h5-8,15H,1-4H3,(H,16,17). The highest BCUT2D eigenvalue weighted by Gasteiger charge is 2.17. The Hall–Kier alpha value is -1.97. The Morgan fingerprint density at radius 2 is 2.00 bits per heavy atom. The number of nitrogens with one attached hydrogen (secondary N) is 2. The highest BCUT2D eigenvalue weighted by atomic mass is 16.6. The average molecular weight is 246 g/mol. The van der Waals surface area contributed by atoms with E-state index < -0.39 is 11.7 Å². The Bertz CT molecular complexity index is 579. The molecule has 0 saturated carbocycles. The Balaban J connectivity index is 2.25. The lowest BCUT2D eigenvalue weighted by atomic mass is 10.1. The molecule has 0 aliphatic carbocycles. The zero-order valence-electron chi connectivity index (χ0n) is 11.1. The van der Waals surface area contributed by atoms with Crippen LogP contribution in [0, 0.1) is 6.92 Å². The van der Waals surface area contributed by atoms with Gasteiger partial charge in [0, 0.05) is 11.6 Å². The number of amides is 1. The number of aromatic nitrogens is 1. The molecule has 4 heteroatoms. The molecule has 1 aromatic heterocycles. The van der Waals surface area contributed by atoms with Gasteiger partial charge in [-0.15, -0.1) is 0 Å². The second kappa shape index (κ2) is 4.37. The molecule has 0 fully saturated rings. The SMILES string of the molecule is Cc1ccc(NC(=O)OC(C)(C)C)c2[nH]ccc12. The van der Waals surface area contributed by atoms with Gasteiger partial charge in [-0.3, -0.25) is 5.32 Å². The van der Waals surface area contributed by atoms with Crippen molar-refractivity contribution in [3.05, 3.63) is 30.0 Å². The van der Waals surface area contributed by atoms with Crippen molar-refractivity contribution in [3.8, 4) is 0 Å². The van der Waals surface area contributed by atoms with Gasteiger partial charge in [0.2, 0.25) is 0 Å². The Kier molecular flexibility index (Phi) is 3.03. The second-order valence-electron chi connectivity index (χ2n) is 5.32. The Morgan fingerprint density at radius 3 is 2.67 bits per heavy atom. The molecule has 4 nitrogen and oxygen atoms in total. The van der Waals surface area contributed by atoms with Crippen LogP contribution in [0.2, 0.25) is 0 Å². The first-order chi connectivity index (χ1) is 8.37. The molecule has 2 aromatic rings. The van der Waals surface area contributed by atoms with Crippen LogP contribution in [0.15, 0.2) is 24.4 Å². The number of aromatic amines is 1. The number of carbonyl (C=O) groups is 1. The number of carbonyl (C=O) groups excluding carboxylic acids is 1. The summed E-state index contributed by atoms with van der Waals surface area (Å²) in [7, 11) is 0. The van der Waals surface area contributed by atoms with Crippen molar-refractivity contribution in [1.29, 1.82) is 0 Å². The Labute approximate surface area is 106 Å². The van der Waals surface area contributed by atoms with E-state index in [0.717, 1.165) is 16.6 Å². The molecule has 0 unspecified atom stereocenters.